The third-order valence-electron chi connectivity index (χ3n) is 4.65. The van der Waals surface area contributed by atoms with Crippen LogP contribution in [0.25, 0.3) is 10.8 Å². The quantitative estimate of drug-likeness (QED) is 0.802. The molecule has 24 heavy (non-hydrogen) atoms. The fourth-order valence-electron chi connectivity index (χ4n) is 3.35. The molecule has 0 spiro atoms. The molecule has 1 N–H and O–H groups in total. The Balaban J connectivity index is 1.47. The highest BCUT2D eigenvalue weighted by Gasteiger charge is 2.21. The van der Waals surface area contributed by atoms with Gasteiger partial charge in [-0.15, -0.1) is 5.10 Å². The molecular weight excluding hydrogens is 302 g/mol. The van der Waals surface area contributed by atoms with Crippen LogP contribution in [0.15, 0.2) is 42.5 Å². The van der Waals surface area contributed by atoms with E-state index in [0.29, 0.717) is 18.2 Å². The number of carbonyl (C=O) groups is 1. The Hall–Kier alpha value is -2.76. The number of nitrogens with one attached hydrogen (secondary N) is 1. The lowest BCUT2D eigenvalue weighted by Gasteiger charge is -2.12. The Bertz CT molecular complexity index is 866. The predicted octanol–water partition coefficient (Wildman–Crippen LogP) is 2.87. The van der Waals surface area contributed by atoms with Crippen LogP contribution in [0.5, 0.6) is 0 Å². The molecule has 1 aliphatic rings. The van der Waals surface area contributed by atoms with Gasteiger partial charge in [0.05, 0.1) is 12.6 Å². The van der Waals surface area contributed by atoms with Gasteiger partial charge in [0.15, 0.2) is 5.82 Å². The van der Waals surface area contributed by atoms with Gasteiger partial charge in [-0.2, -0.15) is 0 Å². The van der Waals surface area contributed by atoms with E-state index in [-0.39, 0.29) is 5.91 Å². The normalized spacial score (nSPS) is 15.0. The highest BCUT2D eigenvalue weighted by Crippen LogP contribution is 2.29. The van der Waals surface area contributed by atoms with Crippen molar-refractivity contribution in [2.75, 3.05) is 0 Å². The van der Waals surface area contributed by atoms with Crippen LogP contribution >= 0.6 is 0 Å². The molecule has 1 fully saturated rings. The van der Waals surface area contributed by atoms with Crippen LogP contribution in [0.3, 0.4) is 0 Å². The van der Waals surface area contributed by atoms with Crippen molar-refractivity contribution in [3.05, 3.63) is 53.9 Å². The van der Waals surface area contributed by atoms with Crippen molar-refractivity contribution in [2.45, 2.75) is 38.3 Å². The average Bonchev–Trinajstić information content (AvgIpc) is 3.30. The molecule has 1 amide bonds. The lowest BCUT2D eigenvalue weighted by atomic mass is 10.1. The van der Waals surface area contributed by atoms with Gasteiger partial charge in [-0.05, 0) is 46.2 Å². The second-order valence-electron chi connectivity index (χ2n) is 6.22. The molecule has 1 heterocycles. The van der Waals surface area contributed by atoms with Crippen molar-refractivity contribution < 1.29 is 4.79 Å². The summed E-state index contributed by atoms with van der Waals surface area (Å²) in [6, 6.07) is 14.1. The van der Waals surface area contributed by atoms with Crippen molar-refractivity contribution >= 4 is 16.7 Å². The van der Waals surface area contributed by atoms with Gasteiger partial charge in [-0.1, -0.05) is 43.2 Å². The second-order valence-corrected chi connectivity index (χ2v) is 6.22. The van der Waals surface area contributed by atoms with E-state index in [1.165, 1.54) is 12.8 Å². The van der Waals surface area contributed by atoms with Gasteiger partial charge in [0, 0.05) is 5.56 Å². The summed E-state index contributed by atoms with van der Waals surface area (Å²) in [5.41, 5.74) is 0.647. The Morgan fingerprint density at radius 3 is 2.75 bits per heavy atom. The molecule has 0 unspecified atom stereocenters. The van der Waals surface area contributed by atoms with Crippen molar-refractivity contribution in [1.82, 2.24) is 25.5 Å². The van der Waals surface area contributed by atoms with E-state index in [4.69, 9.17) is 0 Å². The van der Waals surface area contributed by atoms with Crippen LogP contribution in [0.1, 0.15) is 47.9 Å². The molecule has 4 rings (SSSR count). The highest BCUT2D eigenvalue weighted by atomic mass is 16.1. The molecule has 1 aromatic heterocycles. The number of hydrogen-bond donors (Lipinski definition) is 1. The first-order valence-corrected chi connectivity index (χ1v) is 8.35. The van der Waals surface area contributed by atoms with E-state index in [9.17, 15) is 4.79 Å². The van der Waals surface area contributed by atoms with E-state index < -0.39 is 0 Å². The van der Waals surface area contributed by atoms with Crippen LogP contribution < -0.4 is 5.32 Å². The number of benzene rings is 2. The van der Waals surface area contributed by atoms with Crippen LogP contribution in [-0.4, -0.2) is 26.1 Å². The molecule has 0 bridgehead atoms. The molecule has 1 aliphatic carbocycles. The van der Waals surface area contributed by atoms with Crippen LogP contribution in [0.2, 0.25) is 0 Å². The summed E-state index contributed by atoms with van der Waals surface area (Å²) in [6.07, 6.45) is 4.65. The average molecular weight is 321 g/mol. The van der Waals surface area contributed by atoms with Crippen LogP contribution in [0.4, 0.5) is 0 Å². The largest absolute Gasteiger partial charge is 0.345 e. The van der Waals surface area contributed by atoms with Crippen LogP contribution in [0, 0.1) is 0 Å². The summed E-state index contributed by atoms with van der Waals surface area (Å²) >= 11 is 0. The first-order valence-electron chi connectivity index (χ1n) is 8.35. The lowest BCUT2D eigenvalue weighted by Crippen LogP contribution is -2.25. The van der Waals surface area contributed by atoms with E-state index in [1.54, 1.807) is 0 Å². The van der Waals surface area contributed by atoms with Gasteiger partial charge in [0.25, 0.3) is 5.91 Å². The fraction of sp³-hybridized carbons (Fsp3) is 0.333. The molecule has 3 aromatic rings. The van der Waals surface area contributed by atoms with Crippen molar-refractivity contribution in [3.8, 4) is 0 Å². The number of tetrazole rings is 1. The summed E-state index contributed by atoms with van der Waals surface area (Å²) < 4.78 is 1.87. The van der Waals surface area contributed by atoms with Gasteiger partial charge in [0.1, 0.15) is 0 Å². The van der Waals surface area contributed by atoms with E-state index in [1.807, 2.05) is 47.1 Å². The Kier molecular flexibility index (Phi) is 3.94. The Morgan fingerprint density at radius 1 is 1.12 bits per heavy atom. The number of amides is 1. The molecule has 0 saturated heterocycles. The molecule has 0 aliphatic heterocycles. The monoisotopic (exact) mass is 321 g/mol. The van der Waals surface area contributed by atoms with Crippen molar-refractivity contribution in [1.29, 1.82) is 0 Å². The third kappa shape index (κ3) is 2.87. The van der Waals surface area contributed by atoms with Gasteiger partial charge in [-0.25, -0.2) is 4.68 Å². The summed E-state index contributed by atoms with van der Waals surface area (Å²) in [7, 11) is 0. The number of rotatable bonds is 4. The zero-order valence-electron chi connectivity index (χ0n) is 13.4. The minimum absolute atomic E-state index is 0.110. The second kappa shape index (κ2) is 6.39. The SMILES string of the molecule is O=C(NCc1nnnn1C1CCCC1)c1ccc2ccccc2c1. The molecule has 0 radical (unpaired) electrons. The lowest BCUT2D eigenvalue weighted by molar-refractivity contribution is 0.0949. The maximum absolute atomic E-state index is 12.4. The van der Waals surface area contributed by atoms with Gasteiger partial charge in [-0.3, -0.25) is 4.79 Å². The maximum atomic E-state index is 12.4. The highest BCUT2D eigenvalue weighted by molar-refractivity contribution is 5.98. The number of fused-ring (bicyclic) bond motifs is 1. The number of hydrogen-bond acceptors (Lipinski definition) is 4. The summed E-state index contributed by atoms with van der Waals surface area (Å²) in [5, 5.41) is 17.0. The molecular formula is C18H19N5O. The summed E-state index contributed by atoms with van der Waals surface area (Å²) in [5.74, 6) is 0.609. The molecule has 0 atom stereocenters. The molecule has 6 nitrogen and oxygen atoms in total. The maximum Gasteiger partial charge on any atom is 0.251 e. The zero-order valence-corrected chi connectivity index (χ0v) is 13.4. The number of nitrogens with zero attached hydrogens (tertiary/aromatic N) is 4. The van der Waals surface area contributed by atoms with E-state index in [0.717, 1.165) is 29.4 Å². The molecule has 122 valence electrons. The number of carbonyl (C=O) groups excluding carboxylic acids is 1. The number of aromatic nitrogens is 4. The predicted molar refractivity (Wildman–Crippen MR) is 90.4 cm³/mol. The zero-order chi connectivity index (χ0) is 16.4. The standard InChI is InChI=1S/C18H19N5O/c24-18(15-10-9-13-5-1-2-6-14(13)11-15)19-12-17-20-21-22-23(17)16-7-3-4-8-16/h1-2,5-6,9-11,16H,3-4,7-8,12H2,(H,19,24). The fourth-order valence-corrected chi connectivity index (χ4v) is 3.35. The smallest absolute Gasteiger partial charge is 0.251 e. The summed E-state index contributed by atoms with van der Waals surface area (Å²) in [6.45, 7) is 0.342. The van der Waals surface area contributed by atoms with E-state index >= 15 is 0 Å². The minimum atomic E-state index is -0.110. The molecule has 2 aromatic carbocycles. The Labute approximate surface area is 139 Å². The first-order chi connectivity index (χ1) is 11.8. The van der Waals surface area contributed by atoms with Gasteiger partial charge >= 0.3 is 0 Å². The van der Waals surface area contributed by atoms with Crippen LogP contribution in [-0.2, 0) is 6.54 Å². The van der Waals surface area contributed by atoms with E-state index in [2.05, 4.69) is 20.8 Å². The minimum Gasteiger partial charge on any atom is -0.345 e. The topological polar surface area (TPSA) is 72.7 Å². The van der Waals surface area contributed by atoms with Crippen molar-refractivity contribution in [2.24, 2.45) is 0 Å². The van der Waals surface area contributed by atoms with Gasteiger partial charge in [0.2, 0.25) is 0 Å². The summed E-state index contributed by atoms with van der Waals surface area (Å²) in [4.78, 5) is 12.4. The first kappa shape index (κ1) is 14.8. The van der Waals surface area contributed by atoms with Crippen molar-refractivity contribution in [3.63, 3.8) is 0 Å². The molecule has 6 heteroatoms. The third-order valence-corrected chi connectivity index (χ3v) is 4.65. The van der Waals surface area contributed by atoms with Gasteiger partial charge < -0.3 is 5.32 Å². The molecule has 1 saturated carbocycles. The Morgan fingerprint density at radius 2 is 1.92 bits per heavy atom.